The zero-order valence-electron chi connectivity index (χ0n) is 17.0. The number of benzene rings is 2. The molecule has 30 heavy (non-hydrogen) atoms. The molecular formula is C23H24N4O3. The van der Waals surface area contributed by atoms with Crippen LogP contribution in [0.5, 0.6) is 0 Å². The number of rotatable bonds is 3. The van der Waals surface area contributed by atoms with Gasteiger partial charge in [0.15, 0.2) is 5.82 Å². The lowest BCUT2D eigenvalue weighted by Gasteiger charge is -2.41. The van der Waals surface area contributed by atoms with Gasteiger partial charge in [-0.1, -0.05) is 41.6 Å². The number of amides is 2. The number of piperidine rings is 1. The maximum Gasteiger partial charge on any atom is 0.254 e. The number of aryl methyl sites for hydroxylation is 1. The highest BCUT2D eigenvalue weighted by atomic mass is 16.5. The first-order valence-corrected chi connectivity index (χ1v) is 10.5. The third kappa shape index (κ3) is 3.34. The van der Waals surface area contributed by atoms with Gasteiger partial charge in [0.1, 0.15) is 0 Å². The van der Waals surface area contributed by atoms with Crippen LogP contribution in [0.2, 0.25) is 0 Å². The van der Waals surface area contributed by atoms with Gasteiger partial charge in [0.2, 0.25) is 11.8 Å². The fourth-order valence-electron chi connectivity index (χ4n) is 4.46. The third-order valence-corrected chi connectivity index (χ3v) is 6.24. The number of carbonyl (C=O) groups is 2. The van der Waals surface area contributed by atoms with Crippen LogP contribution in [0, 0.1) is 12.8 Å². The normalized spacial score (nSPS) is 17.9. The summed E-state index contributed by atoms with van der Waals surface area (Å²) in [5, 5.41) is 5.87. The lowest BCUT2D eigenvalue weighted by atomic mass is 9.91. The standard InChI is InChI=1S/C23H24N4O3/c1-15-24-21(30-25-15)18-13-27(14-18)22(28)17-9-11-26(12-10-17)23(29)20-8-4-6-16-5-2-3-7-19(16)20/h2-8,17-18H,9-14H2,1H3. The van der Waals surface area contributed by atoms with Crippen LogP contribution in [0.15, 0.2) is 47.0 Å². The van der Waals surface area contributed by atoms with Crippen molar-refractivity contribution in [2.45, 2.75) is 25.7 Å². The molecule has 0 aliphatic carbocycles. The third-order valence-electron chi connectivity index (χ3n) is 6.24. The highest BCUT2D eigenvalue weighted by Gasteiger charge is 2.39. The van der Waals surface area contributed by atoms with Gasteiger partial charge in [0.05, 0.1) is 5.92 Å². The molecule has 0 unspecified atom stereocenters. The SMILES string of the molecule is Cc1noc(C2CN(C(=O)C3CCN(C(=O)c4cccc5ccccc45)CC3)C2)n1. The molecule has 2 aliphatic rings. The Morgan fingerprint density at radius 1 is 1.00 bits per heavy atom. The number of nitrogens with zero attached hydrogens (tertiary/aromatic N) is 4. The zero-order valence-corrected chi connectivity index (χ0v) is 17.0. The second kappa shape index (κ2) is 7.55. The molecule has 7 nitrogen and oxygen atoms in total. The number of carbonyl (C=O) groups excluding carboxylic acids is 2. The van der Waals surface area contributed by atoms with E-state index >= 15 is 0 Å². The Morgan fingerprint density at radius 3 is 2.47 bits per heavy atom. The van der Waals surface area contributed by atoms with E-state index in [1.165, 1.54) is 0 Å². The van der Waals surface area contributed by atoms with Gasteiger partial charge in [-0.3, -0.25) is 9.59 Å². The van der Waals surface area contributed by atoms with Crippen LogP contribution in [-0.4, -0.2) is 57.9 Å². The molecule has 2 aliphatic heterocycles. The van der Waals surface area contributed by atoms with Crippen LogP contribution in [-0.2, 0) is 4.79 Å². The molecule has 1 aromatic heterocycles. The lowest BCUT2D eigenvalue weighted by molar-refractivity contribution is -0.141. The summed E-state index contributed by atoms with van der Waals surface area (Å²) in [7, 11) is 0. The highest BCUT2D eigenvalue weighted by molar-refractivity contribution is 6.07. The largest absolute Gasteiger partial charge is 0.341 e. The molecule has 3 heterocycles. The molecular weight excluding hydrogens is 380 g/mol. The molecule has 2 aromatic carbocycles. The van der Waals surface area contributed by atoms with Gasteiger partial charge in [-0.05, 0) is 36.6 Å². The zero-order chi connectivity index (χ0) is 20.7. The van der Waals surface area contributed by atoms with Crippen molar-refractivity contribution in [2.24, 2.45) is 5.92 Å². The number of hydrogen-bond acceptors (Lipinski definition) is 5. The van der Waals surface area contributed by atoms with Crippen LogP contribution in [0.1, 0.15) is 40.8 Å². The van der Waals surface area contributed by atoms with Gasteiger partial charge in [-0.15, -0.1) is 0 Å². The summed E-state index contributed by atoms with van der Waals surface area (Å²) in [5.74, 6) is 1.59. The van der Waals surface area contributed by atoms with Crippen LogP contribution < -0.4 is 0 Å². The lowest BCUT2D eigenvalue weighted by Crippen LogP contribution is -2.52. The Hall–Kier alpha value is -3.22. The minimum atomic E-state index is -0.0214. The molecule has 0 saturated carbocycles. The number of fused-ring (bicyclic) bond motifs is 1. The predicted octanol–water partition coefficient (Wildman–Crippen LogP) is 3.01. The molecule has 5 rings (SSSR count). The van der Waals surface area contributed by atoms with Crippen molar-refractivity contribution in [2.75, 3.05) is 26.2 Å². The summed E-state index contributed by atoms with van der Waals surface area (Å²) in [6.45, 7) is 4.28. The predicted molar refractivity (Wildman–Crippen MR) is 111 cm³/mol. The van der Waals surface area contributed by atoms with Gasteiger partial charge >= 0.3 is 0 Å². The average Bonchev–Trinajstić information content (AvgIpc) is 3.17. The molecule has 7 heteroatoms. The molecule has 0 spiro atoms. The number of hydrogen-bond donors (Lipinski definition) is 0. The van der Waals surface area contributed by atoms with Gasteiger partial charge in [0, 0.05) is 37.7 Å². The van der Waals surface area contributed by atoms with E-state index in [4.69, 9.17) is 4.52 Å². The van der Waals surface area contributed by atoms with Gasteiger partial charge in [0.25, 0.3) is 5.91 Å². The van der Waals surface area contributed by atoms with E-state index in [1.807, 2.05) is 52.3 Å². The summed E-state index contributed by atoms with van der Waals surface area (Å²) in [5.41, 5.74) is 0.735. The topological polar surface area (TPSA) is 79.5 Å². The molecule has 154 valence electrons. The first-order chi connectivity index (χ1) is 14.6. The van der Waals surface area contributed by atoms with E-state index in [0.717, 1.165) is 16.3 Å². The quantitative estimate of drug-likeness (QED) is 0.670. The summed E-state index contributed by atoms with van der Waals surface area (Å²) < 4.78 is 5.21. The molecule has 3 aromatic rings. The fourth-order valence-corrected chi connectivity index (χ4v) is 4.46. The molecule has 0 atom stereocenters. The van der Waals surface area contributed by atoms with Crippen LogP contribution in [0.25, 0.3) is 10.8 Å². The van der Waals surface area contributed by atoms with Crippen LogP contribution >= 0.6 is 0 Å². The smallest absolute Gasteiger partial charge is 0.254 e. The fraction of sp³-hybridized carbons (Fsp3) is 0.391. The summed E-state index contributed by atoms with van der Waals surface area (Å²) in [6, 6.07) is 13.8. The number of likely N-dealkylation sites (tertiary alicyclic amines) is 2. The van der Waals surface area contributed by atoms with Gasteiger partial charge in [-0.25, -0.2) is 0 Å². The summed E-state index contributed by atoms with van der Waals surface area (Å²) >= 11 is 0. The van der Waals surface area contributed by atoms with E-state index < -0.39 is 0 Å². The van der Waals surface area contributed by atoms with Crippen molar-refractivity contribution in [3.63, 3.8) is 0 Å². The van der Waals surface area contributed by atoms with E-state index in [2.05, 4.69) is 10.1 Å². The first-order valence-electron chi connectivity index (χ1n) is 10.5. The molecule has 2 amide bonds. The Morgan fingerprint density at radius 2 is 1.73 bits per heavy atom. The van der Waals surface area contributed by atoms with Crippen LogP contribution in [0.4, 0.5) is 0 Å². The molecule has 2 fully saturated rings. The Balaban J connectivity index is 1.18. The van der Waals surface area contributed by atoms with E-state index in [-0.39, 0.29) is 23.7 Å². The van der Waals surface area contributed by atoms with E-state index in [1.54, 1.807) is 6.92 Å². The van der Waals surface area contributed by atoms with Crippen LogP contribution in [0.3, 0.4) is 0 Å². The molecule has 2 saturated heterocycles. The maximum absolute atomic E-state index is 13.1. The summed E-state index contributed by atoms with van der Waals surface area (Å²) in [4.78, 5) is 34.0. The Bertz CT molecular complexity index is 1090. The van der Waals surface area contributed by atoms with E-state index in [0.29, 0.717) is 50.7 Å². The Kier molecular flexibility index (Phi) is 4.73. The van der Waals surface area contributed by atoms with Gasteiger partial charge < -0.3 is 14.3 Å². The minimum absolute atomic E-state index is 0.0214. The Labute approximate surface area is 174 Å². The van der Waals surface area contributed by atoms with Crippen molar-refractivity contribution < 1.29 is 14.1 Å². The van der Waals surface area contributed by atoms with Gasteiger partial charge in [-0.2, -0.15) is 4.98 Å². The first kappa shape index (κ1) is 18.8. The van der Waals surface area contributed by atoms with Crippen molar-refractivity contribution in [1.29, 1.82) is 0 Å². The second-order valence-corrected chi connectivity index (χ2v) is 8.21. The molecule has 0 radical (unpaired) electrons. The van der Waals surface area contributed by atoms with E-state index in [9.17, 15) is 9.59 Å². The number of aromatic nitrogens is 2. The maximum atomic E-state index is 13.1. The van der Waals surface area contributed by atoms with Crippen molar-refractivity contribution in [1.82, 2.24) is 19.9 Å². The molecule has 0 N–H and O–H groups in total. The average molecular weight is 404 g/mol. The van der Waals surface area contributed by atoms with Crippen molar-refractivity contribution >= 4 is 22.6 Å². The second-order valence-electron chi connectivity index (χ2n) is 8.21. The highest BCUT2D eigenvalue weighted by Crippen LogP contribution is 2.30. The molecule has 0 bridgehead atoms. The summed E-state index contributed by atoms with van der Waals surface area (Å²) in [6.07, 6.45) is 1.41. The monoisotopic (exact) mass is 404 g/mol. The van der Waals surface area contributed by atoms with Crippen molar-refractivity contribution in [3.8, 4) is 0 Å². The van der Waals surface area contributed by atoms with Crippen molar-refractivity contribution in [3.05, 3.63) is 59.7 Å². The minimum Gasteiger partial charge on any atom is -0.341 e.